The first-order chi connectivity index (χ1) is 12.0. The maximum absolute atomic E-state index is 12.4. The van der Waals surface area contributed by atoms with Crippen LogP contribution in [0.25, 0.3) is 0 Å². The summed E-state index contributed by atoms with van der Waals surface area (Å²) in [6.45, 7) is 4.26. The van der Waals surface area contributed by atoms with Crippen LogP contribution in [-0.4, -0.2) is 43.1 Å². The Morgan fingerprint density at radius 1 is 1.20 bits per heavy atom. The summed E-state index contributed by atoms with van der Waals surface area (Å²) in [5.74, 6) is 1.35. The quantitative estimate of drug-likeness (QED) is 0.928. The highest BCUT2D eigenvalue weighted by molar-refractivity contribution is 6.04. The van der Waals surface area contributed by atoms with Crippen LogP contribution in [0.15, 0.2) is 36.7 Å². The number of aromatic nitrogens is 2. The zero-order chi connectivity index (χ0) is 17.8. The van der Waals surface area contributed by atoms with Gasteiger partial charge < -0.3 is 15.1 Å². The molecule has 0 atom stereocenters. The molecular formula is C19H25N5O. The van der Waals surface area contributed by atoms with E-state index < -0.39 is 0 Å². The van der Waals surface area contributed by atoms with Crippen molar-refractivity contribution in [2.45, 2.75) is 19.8 Å². The minimum absolute atomic E-state index is 0.160. The lowest BCUT2D eigenvalue weighted by Gasteiger charge is -2.30. The van der Waals surface area contributed by atoms with E-state index in [1.807, 2.05) is 37.2 Å². The van der Waals surface area contributed by atoms with Crippen LogP contribution < -0.4 is 15.1 Å². The van der Waals surface area contributed by atoms with Crippen LogP contribution in [0.3, 0.4) is 0 Å². The molecule has 0 spiro atoms. The topological polar surface area (TPSA) is 61.4 Å². The molecule has 132 valence electrons. The molecule has 0 unspecified atom stereocenters. The van der Waals surface area contributed by atoms with Crippen molar-refractivity contribution in [2.75, 3.05) is 42.3 Å². The number of carbonyl (C=O) groups excluding carboxylic acids is 1. The van der Waals surface area contributed by atoms with Gasteiger partial charge in [0.25, 0.3) is 5.91 Å². The van der Waals surface area contributed by atoms with Crippen molar-refractivity contribution in [2.24, 2.45) is 5.92 Å². The summed E-state index contributed by atoms with van der Waals surface area (Å²) >= 11 is 0. The van der Waals surface area contributed by atoms with Gasteiger partial charge in [-0.3, -0.25) is 4.79 Å². The number of carbonyl (C=O) groups is 1. The van der Waals surface area contributed by atoms with Crippen LogP contribution in [-0.2, 0) is 0 Å². The van der Waals surface area contributed by atoms with E-state index in [1.165, 1.54) is 12.8 Å². The minimum atomic E-state index is -0.160. The van der Waals surface area contributed by atoms with Gasteiger partial charge in [0, 0.05) is 38.4 Å². The van der Waals surface area contributed by atoms with E-state index >= 15 is 0 Å². The van der Waals surface area contributed by atoms with E-state index in [2.05, 4.69) is 27.1 Å². The first-order valence-electron chi connectivity index (χ1n) is 8.68. The van der Waals surface area contributed by atoms with E-state index in [1.54, 1.807) is 18.5 Å². The van der Waals surface area contributed by atoms with E-state index in [9.17, 15) is 4.79 Å². The van der Waals surface area contributed by atoms with Crippen molar-refractivity contribution in [3.8, 4) is 0 Å². The molecule has 1 aromatic heterocycles. The highest BCUT2D eigenvalue weighted by Crippen LogP contribution is 2.20. The second-order valence-corrected chi connectivity index (χ2v) is 6.84. The van der Waals surface area contributed by atoms with Gasteiger partial charge in [0.15, 0.2) is 0 Å². The van der Waals surface area contributed by atoms with Crippen molar-refractivity contribution in [3.05, 3.63) is 42.2 Å². The first kappa shape index (κ1) is 17.2. The van der Waals surface area contributed by atoms with Gasteiger partial charge in [-0.05, 0) is 37.0 Å². The number of piperidine rings is 1. The van der Waals surface area contributed by atoms with Crippen molar-refractivity contribution >= 4 is 23.2 Å². The Bertz CT molecular complexity index is 721. The average molecular weight is 339 g/mol. The smallest absolute Gasteiger partial charge is 0.255 e. The predicted octanol–water partition coefficient (Wildman–Crippen LogP) is 3.03. The number of nitrogens with one attached hydrogen (secondary N) is 1. The Balaban J connectivity index is 1.65. The Hall–Kier alpha value is -2.63. The third kappa shape index (κ3) is 4.26. The van der Waals surface area contributed by atoms with Crippen LogP contribution in [0.2, 0.25) is 0 Å². The van der Waals surface area contributed by atoms with Gasteiger partial charge in [0.1, 0.15) is 0 Å². The summed E-state index contributed by atoms with van der Waals surface area (Å²) in [5, 5.41) is 2.86. The van der Waals surface area contributed by atoms with E-state index in [4.69, 9.17) is 0 Å². The summed E-state index contributed by atoms with van der Waals surface area (Å²) < 4.78 is 0. The van der Waals surface area contributed by atoms with Gasteiger partial charge >= 0.3 is 0 Å². The molecule has 1 amide bonds. The molecule has 0 aliphatic carbocycles. The highest BCUT2D eigenvalue weighted by atomic mass is 16.1. The third-order valence-electron chi connectivity index (χ3n) is 4.59. The molecule has 1 aliphatic rings. The molecule has 1 aromatic carbocycles. The Kier molecular flexibility index (Phi) is 5.16. The van der Waals surface area contributed by atoms with Crippen molar-refractivity contribution < 1.29 is 4.79 Å². The number of amides is 1. The van der Waals surface area contributed by atoms with Gasteiger partial charge in [0.05, 0.1) is 18.1 Å². The Morgan fingerprint density at radius 2 is 1.88 bits per heavy atom. The monoisotopic (exact) mass is 339 g/mol. The van der Waals surface area contributed by atoms with Crippen LogP contribution in [0.4, 0.5) is 17.3 Å². The molecule has 1 aliphatic heterocycles. The molecule has 2 heterocycles. The zero-order valence-corrected chi connectivity index (χ0v) is 15.1. The molecule has 0 radical (unpaired) electrons. The van der Waals surface area contributed by atoms with E-state index in [0.29, 0.717) is 11.3 Å². The molecular weight excluding hydrogens is 314 g/mol. The maximum atomic E-state index is 12.4. The van der Waals surface area contributed by atoms with Crippen LogP contribution >= 0.6 is 0 Å². The molecule has 2 aromatic rings. The van der Waals surface area contributed by atoms with Crippen molar-refractivity contribution in [3.63, 3.8) is 0 Å². The normalized spacial score (nSPS) is 15.1. The third-order valence-corrected chi connectivity index (χ3v) is 4.59. The average Bonchev–Trinajstić information content (AvgIpc) is 2.63. The second kappa shape index (κ2) is 7.51. The van der Waals surface area contributed by atoms with Gasteiger partial charge in [-0.15, -0.1) is 0 Å². The number of anilines is 3. The maximum Gasteiger partial charge on any atom is 0.255 e. The summed E-state index contributed by atoms with van der Waals surface area (Å²) in [6.07, 6.45) is 5.69. The largest absolute Gasteiger partial charge is 0.378 e. The summed E-state index contributed by atoms with van der Waals surface area (Å²) in [7, 11) is 3.90. The molecule has 0 saturated carbocycles. The summed E-state index contributed by atoms with van der Waals surface area (Å²) in [4.78, 5) is 25.4. The van der Waals surface area contributed by atoms with Crippen LogP contribution in [0.1, 0.15) is 30.1 Å². The molecule has 6 nitrogen and oxygen atoms in total. The summed E-state index contributed by atoms with van der Waals surface area (Å²) in [5.41, 5.74) is 2.20. The van der Waals surface area contributed by atoms with Crippen LogP contribution in [0.5, 0.6) is 0 Å². The minimum Gasteiger partial charge on any atom is -0.378 e. The van der Waals surface area contributed by atoms with E-state index in [0.717, 1.165) is 30.6 Å². The van der Waals surface area contributed by atoms with Crippen molar-refractivity contribution in [1.82, 2.24) is 9.97 Å². The Morgan fingerprint density at radius 3 is 2.52 bits per heavy atom. The van der Waals surface area contributed by atoms with E-state index in [-0.39, 0.29) is 5.91 Å². The SMILES string of the molecule is CC1CCN(c2ncc(NC(=O)c3cccc(N(C)C)c3)cn2)CC1. The number of rotatable bonds is 4. The van der Waals surface area contributed by atoms with Gasteiger partial charge in [-0.1, -0.05) is 13.0 Å². The molecule has 1 N–H and O–H groups in total. The van der Waals surface area contributed by atoms with Gasteiger partial charge in [0.2, 0.25) is 5.95 Å². The summed E-state index contributed by atoms with van der Waals surface area (Å²) in [6, 6.07) is 7.50. The highest BCUT2D eigenvalue weighted by Gasteiger charge is 2.18. The number of hydrogen-bond acceptors (Lipinski definition) is 5. The standard InChI is InChI=1S/C19H25N5O/c1-14-7-9-24(10-8-14)19-20-12-16(13-21-19)22-18(25)15-5-4-6-17(11-15)23(2)3/h4-6,11-14H,7-10H2,1-3H3,(H,22,25). The number of nitrogens with zero attached hydrogens (tertiary/aromatic N) is 4. The van der Waals surface area contributed by atoms with Crippen molar-refractivity contribution in [1.29, 1.82) is 0 Å². The molecule has 3 rings (SSSR count). The first-order valence-corrected chi connectivity index (χ1v) is 8.68. The molecule has 1 saturated heterocycles. The predicted molar refractivity (Wildman–Crippen MR) is 101 cm³/mol. The van der Waals surface area contributed by atoms with Crippen LogP contribution in [0, 0.1) is 5.92 Å². The molecule has 0 bridgehead atoms. The van der Waals surface area contributed by atoms with Gasteiger partial charge in [-0.25, -0.2) is 9.97 Å². The lowest BCUT2D eigenvalue weighted by Crippen LogP contribution is -2.34. The fraction of sp³-hybridized carbons (Fsp3) is 0.421. The lowest BCUT2D eigenvalue weighted by molar-refractivity contribution is 0.102. The molecule has 25 heavy (non-hydrogen) atoms. The lowest BCUT2D eigenvalue weighted by atomic mass is 10.00. The zero-order valence-electron chi connectivity index (χ0n) is 15.1. The number of hydrogen-bond donors (Lipinski definition) is 1. The van der Waals surface area contributed by atoms with Gasteiger partial charge in [-0.2, -0.15) is 0 Å². The number of benzene rings is 1. The fourth-order valence-electron chi connectivity index (χ4n) is 2.89. The Labute approximate surface area is 148 Å². The second-order valence-electron chi connectivity index (χ2n) is 6.84. The molecule has 6 heteroatoms. The molecule has 1 fully saturated rings. The fourth-order valence-corrected chi connectivity index (χ4v) is 2.89.